The number of aryl methyl sites for hydroxylation is 1. The van der Waals surface area contributed by atoms with E-state index in [0.29, 0.717) is 30.4 Å². The second-order valence-corrected chi connectivity index (χ2v) is 12.0. The minimum absolute atomic E-state index is 0.0261. The van der Waals surface area contributed by atoms with Crippen LogP contribution < -0.4 is 5.63 Å². The molecule has 0 spiro atoms. The summed E-state index contributed by atoms with van der Waals surface area (Å²) in [6.07, 6.45) is 7.31. The van der Waals surface area contributed by atoms with Gasteiger partial charge >= 0.3 is 5.63 Å². The van der Waals surface area contributed by atoms with Crippen LogP contribution in [0.3, 0.4) is 0 Å². The smallest absolute Gasteiger partial charge is 0.348 e. The predicted octanol–water partition coefficient (Wildman–Crippen LogP) is 8.25. The van der Waals surface area contributed by atoms with Gasteiger partial charge in [-0.15, -0.1) is 0 Å². The summed E-state index contributed by atoms with van der Waals surface area (Å²) in [6, 6.07) is 1.52. The first-order valence-corrected chi connectivity index (χ1v) is 14.4. The van der Waals surface area contributed by atoms with Crippen molar-refractivity contribution in [2.24, 2.45) is 21.7 Å². The highest BCUT2D eigenvalue weighted by Crippen LogP contribution is 2.40. The van der Waals surface area contributed by atoms with Crippen molar-refractivity contribution in [3.05, 3.63) is 27.8 Å². The van der Waals surface area contributed by atoms with Gasteiger partial charge in [-0.1, -0.05) is 75.7 Å². The fourth-order valence-electron chi connectivity index (χ4n) is 5.17. The van der Waals surface area contributed by atoms with Crippen molar-refractivity contribution in [3.8, 4) is 5.75 Å². The molecule has 1 aromatic heterocycles. The van der Waals surface area contributed by atoms with E-state index in [0.717, 1.165) is 38.9 Å². The van der Waals surface area contributed by atoms with E-state index in [1.807, 2.05) is 13.8 Å². The fourth-order valence-corrected chi connectivity index (χ4v) is 5.17. The lowest BCUT2D eigenvalue weighted by Crippen LogP contribution is -2.30. The first-order valence-electron chi connectivity index (χ1n) is 14.4. The van der Waals surface area contributed by atoms with E-state index in [2.05, 4.69) is 60.3 Å². The van der Waals surface area contributed by atoms with Crippen LogP contribution >= 0.6 is 0 Å². The van der Waals surface area contributed by atoms with Gasteiger partial charge in [0.25, 0.3) is 0 Å². The van der Waals surface area contributed by atoms with E-state index in [-0.39, 0.29) is 22.1 Å². The molecule has 0 bridgehead atoms. The third kappa shape index (κ3) is 13.6. The van der Waals surface area contributed by atoms with Gasteiger partial charge in [0.15, 0.2) is 0 Å². The molecule has 0 saturated heterocycles. The first-order chi connectivity index (χ1) is 16.8. The van der Waals surface area contributed by atoms with Crippen LogP contribution in [0.1, 0.15) is 126 Å². The van der Waals surface area contributed by atoms with Gasteiger partial charge in [-0.25, -0.2) is 4.79 Å². The lowest BCUT2D eigenvalue weighted by atomic mass is 9.70. The lowest BCUT2D eigenvalue weighted by molar-refractivity contribution is 0.173. The summed E-state index contributed by atoms with van der Waals surface area (Å²) < 4.78 is 5.34. The summed E-state index contributed by atoms with van der Waals surface area (Å²) in [6.45, 7) is 27.5. The molecule has 0 aliphatic rings. The van der Waals surface area contributed by atoms with Crippen molar-refractivity contribution < 1.29 is 9.52 Å². The molecule has 0 saturated carbocycles. The lowest BCUT2D eigenvalue weighted by Gasteiger charge is -2.35. The van der Waals surface area contributed by atoms with Gasteiger partial charge in [0.1, 0.15) is 17.1 Å². The largest absolute Gasteiger partial charge is 0.507 e. The van der Waals surface area contributed by atoms with E-state index in [1.54, 1.807) is 6.92 Å². The van der Waals surface area contributed by atoms with Crippen molar-refractivity contribution in [2.45, 2.75) is 121 Å². The van der Waals surface area contributed by atoms with Crippen molar-refractivity contribution in [1.82, 2.24) is 4.90 Å². The van der Waals surface area contributed by atoms with Gasteiger partial charge in [0.05, 0.1) is 12.3 Å². The zero-order valence-corrected chi connectivity index (χ0v) is 25.6. The topological polar surface area (TPSA) is 66.0 Å². The van der Waals surface area contributed by atoms with Crippen LogP contribution in [0.15, 0.2) is 20.3 Å². The second-order valence-electron chi connectivity index (χ2n) is 12.0. The predicted molar refractivity (Wildman–Crippen MR) is 157 cm³/mol. The van der Waals surface area contributed by atoms with Gasteiger partial charge < -0.3 is 14.4 Å². The first kappa shape index (κ1) is 34.4. The fraction of sp³-hybridized carbons (Fsp3) is 0.806. The Balaban J connectivity index is 0.00000596. The van der Waals surface area contributed by atoms with Crippen LogP contribution in [0.2, 0.25) is 0 Å². The molecule has 0 fully saturated rings. The average molecular weight is 507 g/mol. The highest BCUT2D eigenvalue weighted by atomic mass is 16.4. The van der Waals surface area contributed by atoms with Crippen LogP contribution in [0, 0.1) is 23.7 Å². The normalized spacial score (nSPS) is 12.8. The van der Waals surface area contributed by atoms with E-state index in [9.17, 15) is 9.90 Å². The van der Waals surface area contributed by atoms with Gasteiger partial charge in [-0.2, -0.15) is 0 Å². The van der Waals surface area contributed by atoms with Gasteiger partial charge in [0, 0.05) is 12.6 Å². The van der Waals surface area contributed by atoms with Crippen LogP contribution in [-0.4, -0.2) is 41.9 Å². The summed E-state index contributed by atoms with van der Waals surface area (Å²) in [5, 5.41) is 10.6. The molecule has 0 unspecified atom stereocenters. The van der Waals surface area contributed by atoms with Crippen LogP contribution in [0.5, 0.6) is 5.75 Å². The highest BCUT2D eigenvalue weighted by Gasteiger charge is 2.29. The SMILES string of the molecule is CC.CCCN(CCN=C(CCC(C)(C)CC(C)(C)CCC)c1c(O)cc(C)oc1=O)CCC(C)C. The quantitative estimate of drug-likeness (QED) is 0.229. The molecule has 0 radical (unpaired) electrons. The third-order valence-electron chi connectivity index (χ3n) is 6.55. The highest BCUT2D eigenvalue weighted by molar-refractivity contribution is 6.02. The number of hydrogen-bond acceptors (Lipinski definition) is 5. The molecule has 1 aromatic rings. The van der Waals surface area contributed by atoms with Crippen LogP contribution in [0.25, 0.3) is 0 Å². The Labute approximate surface area is 222 Å². The molecule has 5 nitrogen and oxygen atoms in total. The Morgan fingerprint density at radius 2 is 1.64 bits per heavy atom. The van der Waals surface area contributed by atoms with Crippen molar-refractivity contribution in [1.29, 1.82) is 0 Å². The molecule has 0 amide bonds. The number of aliphatic imine (C=N–C) groups is 1. The number of aromatic hydroxyl groups is 1. The van der Waals surface area contributed by atoms with Crippen molar-refractivity contribution in [3.63, 3.8) is 0 Å². The summed E-state index contributed by atoms with van der Waals surface area (Å²) in [5.41, 5.74) is 0.792. The molecule has 0 aromatic carbocycles. The maximum atomic E-state index is 12.7. The van der Waals surface area contributed by atoms with Gasteiger partial charge in [-0.05, 0) is 75.3 Å². The molecule has 210 valence electrons. The van der Waals surface area contributed by atoms with E-state index < -0.39 is 5.63 Å². The molecule has 5 heteroatoms. The Hall–Kier alpha value is -1.62. The number of nitrogens with zero attached hydrogens (tertiary/aromatic N) is 2. The van der Waals surface area contributed by atoms with E-state index >= 15 is 0 Å². The molecule has 0 atom stereocenters. The Bertz CT molecular complexity index is 822. The van der Waals surface area contributed by atoms with Crippen LogP contribution in [0.4, 0.5) is 0 Å². The average Bonchev–Trinajstić information content (AvgIpc) is 2.75. The summed E-state index contributed by atoms with van der Waals surface area (Å²) in [4.78, 5) is 20.0. The van der Waals surface area contributed by atoms with Crippen molar-refractivity contribution in [2.75, 3.05) is 26.2 Å². The van der Waals surface area contributed by atoms with Gasteiger partial charge in [-0.3, -0.25) is 4.99 Å². The van der Waals surface area contributed by atoms with E-state index in [1.165, 1.54) is 25.3 Å². The maximum Gasteiger partial charge on any atom is 0.348 e. The number of rotatable bonds is 16. The monoisotopic (exact) mass is 506 g/mol. The molecule has 1 N–H and O–H groups in total. The summed E-state index contributed by atoms with van der Waals surface area (Å²) in [5.74, 6) is 1.06. The molecular weight excluding hydrogens is 448 g/mol. The van der Waals surface area contributed by atoms with Gasteiger partial charge in [0.2, 0.25) is 0 Å². The van der Waals surface area contributed by atoms with Crippen molar-refractivity contribution >= 4 is 5.71 Å². The zero-order chi connectivity index (χ0) is 27.9. The zero-order valence-electron chi connectivity index (χ0n) is 25.6. The van der Waals surface area contributed by atoms with E-state index in [4.69, 9.17) is 9.41 Å². The molecular formula is C31H58N2O3. The molecule has 0 aliphatic carbocycles. The molecule has 36 heavy (non-hydrogen) atoms. The Kier molecular flexibility index (Phi) is 16.2. The number of hydrogen-bond donors (Lipinski definition) is 1. The maximum absolute atomic E-state index is 12.7. The summed E-state index contributed by atoms with van der Waals surface area (Å²) in [7, 11) is 0. The molecule has 0 aliphatic heterocycles. The Morgan fingerprint density at radius 3 is 2.17 bits per heavy atom. The Morgan fingerprint density at radius 1 is 1.03 bits per heavy atom. The minimum atomic E-state index is -0.495. The van der Waals surface area contributed by atoms with Crippen LogP contribution in [-0.2, 0) is 0 Å². The third-order valence-corrected chi connectivity index (χ3v) is 6.55. The standard InChI is InChI=1S/C29H52N2O3.C2H6/c1-10-14-28(6,7)21-29(8,9)15-12-24(26-25(32)20-23(5)34-27(26)33)30-16-19-31(17-11-2)18-13-22(3)4;1-2/h20,22,32H,10-19,21H2,1-9H3;1-2H3. The summed E-state index contributed by atoms with van der Waals surface area (Å²) >= 11 is 0. The molecule has 1 heterocycles. The minimum Gasteiger partial charge on any atom is -0.507 e. The second kappa shape index (κ2) is 17.0. The molecule has 1 rings (SSSR count).